The molecular weight excluding hydrogens is 536 g/mol. The van der Waals surface area contributed by atoms with E-state index < -0.39 is 12.2 Å². The summed E-state index contributed by atoms with van der Waals surface area (Å²) in [5, 5.41) is 40.1. The third-order valence-electron chi connectivity index (χ3n) is 9.98. The van der Waals surface area contributed by atoms with Gasteiger partial charge in [-0.1, -0.05) is 115 Å². The minimum atomic E-state index is -0.767. The van der Waals surface area contributed by atoms with Gasteiger partial charge in [0.15, 0.2) is 0 Å². The van der Waals surface area contributed by atoms with Gasteiger partial charge in [0, 0.05) is 0 Å². The van der Waals surface area contributed by atoms with E-state index in [1.807, 2.05) is 48.5 Å². The fourth-order valence-electron chi connectivity index (χ4n) is 7.96. The summed E-state index contributed by atoms with van der Waals surface area (Å²) < 4.78 is 0. The summed E-state index contributed by atoms with van der Waals surface area (Å²) in [7, 11) is 0. The summed E-state index contributed by atoms with van der Waals surface area (Å²) in [6.07, 6.45) is -1.50. The largest absolute Gasteiger partial charge is 0.384 e. The van der Waals surface area contributed by atoms with Crippen LogP contribution < -0.4 is 0 Å². The lowest BCUT2D eigenvalue weighted by Gasteiger charge is -2.25. The molecule has 44 heavy (non-hydrogen) atoms. The van der Waals surface area contributed by atoms with Crippen molar-refractivity contribution in [1.29, 1.82) is 0 Å². The molecule has 2 nitrogen and oxygen atoms in total. The molecule has 0 spiro atoms. The fourth-order valence-corrected chi connectivity index (χ4v) is 7.96. The molecule has 0 saturated heterocycles. The van der Waals surface area contributed by atoms with Crippen molar-refractivity contribution < 1.29 is 10.2 Å². The van der Waals surface area contributed by atoms with E-state index in [0.29, 0.717) is 0 Å². The molecule has 0 saturated carbocycles. The molecule has 2 atom stereocenters. The van der Waals surface area contributed by atoms with Gasteiger partial charge in [0.25, 0.3) is 0 Å². The molecule has 0 aromatic heterocycles. The van der Waals surface area contributed by atoms with E-state index in [9.17, 15) is 10.2 Å². The normalized spacial score (nSPS) is 14.0. The Morgan fingerprint density at radius 1 is 0.318 bits per heavy atom. The van der Waals surface area contributed by atoms with Crippen LogP contribution in [0.25, 0.3) is 75.4 Å². The first-order valence-electron chi connectivity index (χ1n) is 15.2. The molecule has 2 unspecified atom stereocenters. The van der Waals surface area contributed by atoms with Crippen LogP contribution in [0.4, 0.5) is 0 Å². The van der Waals surface area contributed by atoms with Crippen LogP contribution in [-0.4, -0.2) is 10.2 Å². The van der Waals surface area contributed by atoms with Crippen LogP contribution in [0, 0.1) is 0 Å². The summed E-state index contributed by atoms with van der Waals surface area (Å²) in [5.74, 6) is 0. The van der Waals surface area contributed by atoms with E-state index in [4.69, 9.17) is 0 Å². The number of aliphatic hydroxyl groups is 2. The van der Waals surface area contributed by atoms with Crippen LogP contribution >= 0.6 is 0 Å². The Labute approximate surface area is 253 Å². The molecule has 206 valence electrons. The van der Waals surface area contributed by atoms with Gasteiger partial charge >= 0.3 is 0 Å². The van der Waals surface area contributed by atoms with E-state index in [2.05, 4.69) is 84.9 Å². The molecule has 10 aromatic rings. The topological polar surface area (TPSA) is 40.5 Å². The number of hydrogen-bond donors (Lipinski definition) is 2. The molecule has 0 radical (unpaired) electrons. The summed E-state index contributed by atoms with van der Waals surface area (Å²) in [4.78, 5) is 0. The SMILES string of the molecule is OC(c1ccccc1)c1cc2ccc3ccc4c(C(O)c5ccc6ccccc6c5)cc5ccc6ccc1c1c6c5c4c3c21. The molecule has 0 aliphatic rings. The number of fused-ring (bicyclic) bond motifs is 1. The molecule has 0 heterocycles. The standard InChI is InChI=1S/C42H26O2/c43-41(26-7-2-1-3-8-26)33-21-28-13-11-25-17-19-32-34(42(44)30-15-10-23-6-4-5-9-27(23)20-30)22-29-14-12-24-16-18-31(33)39-35(24)38(29)40(32)36(25)37(28)39/h1-22,41-44H. The third kappa shape index (κ3) is 3.11. The molecule has 2 heteroatoms. The van der Waals surface area contributed by atoms with Crippen molar-refractivity contribution in [1.82, 2.24) is 0 Å². The average molecular weight is 563 g/mol. The van der Waals surface area contributed by atoms with E-state index in [0.717, 1.165) is 49.2 Å². The second-order valence-electron chi connectivity index (χ2n) is 12.3. The molecule has 2 N–H and O–H groups in total. The first-order valence-corrected chi connectivity index (χ1v) is 15.2. The molecule has 0 aliphatic heterocycles. The van der Waals surface area contributed by atoms with Crippen molar-refractivity contribution in [3.05, 3.63) is 156 Å². The molecule has 10 aromatic carbocycles. The number of rotatable bonds is 4. The van der Waals surface area contributed by atoms with Crippen LogP contribution in [0.3, 0.4) is 0 Å². The highest BCUT2D eigenvalue weighted by Gasteiger charge is 2.26. The Morgan fingerprint density at radius 3 is 1.39 bits per heavy atom. The van der Waals surface area contributed by atoms with Gasteiger partial charge in [-0.25, -0.2) is 0 Å². The Kier molecular flexibility index (Phi) is 4.75. The maximum atomic E-state index is 12.0. The Bertz CT molecular complexity index is 2670. The Hall–Kier alpha value is -5.28. The van der Waals surface area contributed by atoms with E-state index >= 15 is 0 Å². The van der Waals surface area contributed by atoms with Crippen LogP contribution in [0.2, 0.25) is 0 Å². The molecule has 0 fully saturated rings. The molecule has 0 amide bonds. The van der Waals surface area contributed by atoms with Gasteiger partial charge in [0.1, 0.15) is 12.2 Å². The molecule has 0 bridgehead atoms. The minimum Gasteiger partial charge on any atom is -0.384 e. The Balaban J connectivity index is 1.33. The zero-order valence-corrected chi connectivity index (χ0v) is 23.8. The highest BCUT2D eigenvalue weighted by atomic mass is 16.3. The first-order chi connectivity index (χ1) is 21.7. The smallest absolute Gasteiger partial charge is 0.105 e. The van der Waals surface area contributed by atoms with Crippen molar-refractivity contribution in [2.75, 3.05) is 0 Å². The summed E-state index contributed by atoms with van der Waals surface area (Å²) in [6, 6.07) is 46.4. The predicted molar refractivity (Wildman–Crippen MR) is 184 cm³/mol. The van der Waals surface area contributed by atoms with Gasteiger partial charge < -0.3 is 10.2 Å². The van der Waals surface area contributed by atoms with Gasteiger partial charge in [-0.15, -0.1) is 0 Å². The highest BCUT2D eigenvalue weighted by Crippen LogP contribution is 2.51. The zero-order chi connectivity index (χ0) is 29.1. The second kappa shape index (κ2) is 8.64. The van der Waals surface area contributed by atoms with Crippen LogP contribution in [0.5, 0.6) is 0 Å². The summed E-state index contributed by atoms with van der Waals surface area (Å²) >= 11 is 0. The van der Waals surface area contributed by atoms with Crippen molar-refractivity contribution >= 4 is 75.4 Å². The molecular formula is C42H26O2. The Morgan fingerprint density at radius 2 is 0.773 bits per heavy atom. The van der Waals surface area contributed by atoms with E-state index in [1.54, 1.807) is 0 Å². The zero-order valence-electron chi connectivity index (χ0n) is 23.8. The van der Waals surface area contributed by atoms with Crippen LogP contribution in [0.1, 0.15) is 34.5 Å². The molecule has 10 rings (SSSR count). The highest BCUT2D eigenvalue weighted by molar-refractivity contribution is 6.45. The van der Waals surface area contributed by atoms with Crippen molar-refractivity contribution in [2.24, 2.45) is 0 Å². The van der Waals surface area contributed by atoms with E-state index in [1.165, 1.54) is 48.5 Å². The van der Waals surface area contributed by atoms with Gasteiger partial charge in [-0.05, 0) is 116 Å². The lowest BCUT2D eigenvalue weighted by atomic mass is 9.79. The summed E-state index contributed by atoms with van der Waals surface area (Å²) in [5.41, 5.74) is 3.63. The lowest BCUT2D eigenvalue weighted by Crippen LogP contribution is -2.04. The number of aliphatic hydroxyl groups excluding tert-OH is 2. The molecule has 0 aliphatic carbocycles. The van der Waals surface area contributed by atoms with Crippen molar-refractivity contribution in [3.8, 4) is 0 Å². The first kappa shape index (κ1) is 24.2. The summed E-state index contributed by atoms with van der Waals surface area (Å²) in [6.45, 7) is 0. The fraction of sp³-hybridized carbons (Fsp3) is 0.0476. The monoisotopic (exact) mass is 562 g/mol. The van der Waals surface area contributed by atoms with Crippen molar-refractivity contribution in [3.63, 3.8) is 0 Å². The second-order valence-corrected chi connectivity index (χ2v) is 12.3. The number of benzene rings is 10. The third-order valence-corrected chi connectivity index (χ3v) is 9.98. The minimum absolute atomic E-state index is 0.732. The van der Waals surface area contributed by atoms with Gasteiger partial charge in [0.05, 0.1) is 0 Å². The maximum absolute atomic E-state index is 12.0. The van der Waals surface area contributed by atoms with Gasteiger partial charge in [-0.3, -0.25) is 0 Å². The van der Waals surface area contributed by atoms with Crippen molar-refractivity contribution in [2.45, 2.75) is 12.2 Å². The van der Waals surface area contributed by atoms with E-state index in [-0.39, 0.29) is 0 Å². The lowest BCUT2D eigenvalue weighted by molar-refractivity contribution is 0.222. The predicted octanol–water partition coefficient (Wildman–Crippen LogP) is 10.2. The van der Waals surface area contributed by atoms with Gasteiger partial charge in [-0.2, -0.15) is 0 Å². The van der Waals surface area contributed by atoms with Crippen LogP contribution in [-0.2, 0) is 0 Å². The quantitative estimate of drug-likeness (QED) is 0.165. The number of hydrogen-bond acceptors (Lipinski definition) is 2. The maximum Gasteiger partial charge on any atom is 0.105 e. The van der Waals surface area contributed by atoms with Crippen LogP contribution in [0.15, 0.2) is 133 Å². The average Bonchev–Trinajstić information content (AvgIpc) is 3.09. The van der Waals surface area contributed by atoms with Gasteiger partial charge in [0.2, 0.25) is 0 Å².